The van der Waals surface area contributed by atoms with Gasteiger partial charge in [-0.1, -0.05) is 23.7 Å². The molecular weight excluding hydrogens is 312 g/mol. The number of allylic oxidation sites excluding steroid dienone is 3. The molecule has 23 heavy (non-hydrogen) atoms. The van der Waals surface area contributed by atoms with Gasteiger partial charge in [-0.15, -0.1) is 0 Å². The maximum atomic E-state index is 12.4. The third-order valence-corrected chi connectivity index (χ3v) is 4.18. The molecule has 0 radical (unpaired) electrons. The Morgan fingerprint density at radius 1 is 1.52 bits per heavy atom. The number of rotatable bonds is 4. The molecule has 0 saturated heterocycles. The summed E-state index contributed by atoms with van der Waals surface area (Å²) in [5.74, 6) is 1.00. The summed E-state index contributed by atoms with van der Waals surface area (Å²) in [4.78, 5) is 20.2. The van der Waals surface area contributed by atoms with Gasteiger partial charge in [-0.25, -0.2) is 14.4 Å². The second-order valence-corrected chi connectivity index (χ2v) is 5.90. The van der Waals surface area contributed by atoms with Crippen molar-refractivity contribution in [2.75, 3.05) is 5.73 Å². The van der Waals surface area contributed by atoms with Crippen LogP contribution in [0.5, 0.6) is 0 Å². The molecule has 0 atom stereocenters. The van der Waals surface area contributed by atoms with E-state index in [1.165, 1.54) is 10.1 Å². The molecule has 5 nitrogen and oxygen atoms in total. The number of nitrogen functional groups attached to an aromatic ring is 1. The quantitative estimate of drug-likeness (QED) is 0.689. The third-order valence-electron chi connectivity index (χ3n) is 3.88. The number of aromatic nitrogens is 2. The first kappa shape index (κ1) is 15.5. The van der Waals surface area contributed by atoms with Crippen LogP contribution in [0, 0.1) is 0 Å². The zero-order valence-electron chi connectivity index (χ0n) is 12.8. The predicted octanol–water partition coefficient (Wildman–Crippen LogP) is 3.50. The van der Waals surface area contributed by atoms with Crippen LogP contribution < -0.4 is 11.4 Å². The monoisotopic (exact) mass is 328 g/mol. The van der Waals surface area contributed by atoms with Gasteiger partial charge in [0.2, 0.25) is 0 Å². The van der Waals surface area contributed by atoms with Crippen LogP contribution in [0.3, 0.4) is 0 Å². The predicted molar refractivity (Wildman–Crippen MR) is 95.8 cm³/mol. The topological polar surface area (TPSA) is 73.3 Å². The fourth-order valence-electron chi connectivity index (χ4n) is 2.62. The summed E-state index contributed by atoms with van der Waals surface area (Å²) in [5, 5.41) is 1.01. The Bertz CT molecular complexity index is 907. The standard InChI is InChI=1S/C17H17ClN4O/c1-3-4-13(18)16(20-2)22-14-9-11(10-5-6-10)7-8-12(14)15(19)21-17(22)23/h3-4,7-10H,2,5-6H2,1H3,(H2,19,21,23)/b4-3-,16-13-. The van der Waals surface area contributed by atoms with Gasteiger partial charge in [0, 0.05) is 5.39 Å². The SMILES string of the molecule is C=N/C(=C(Cl)\C=C/C)n1c(=O)nc(N)c2ccc(C3CC3)cc21. The van der Waals surface area contributed by atoms with E-state index in [0.29, 0.717) is 21.9 Å². The lowest BCUT2D eigenvalue weighted by Gasteiger charge is -2.13. The largest absolute Gasteiger partial charge is 0.383 e. The fraction of sp³-hybridized carbons (Fsp3) is 0.235. The van der Waals surface area contributed by atoms with Crippen LogP contribution in [0.2, 0.25) is 0 Å². The van der Waals surface area contributed by atoms with Crippen molar-refractivity contribution < 1.29 is 0 Å². The van der Waals surface area contributed by atoms with Gasteiger partial charge in [0.25, 0.3) is 0 Å². The maximum absolute atomic E-state index is 12.4. The fourth-order valence-corrected chi connectivity index (χ4v) is 2.89. The number of fused-ring (bicyclic) bond motifs is 1. The molecule has 3 rings (SSSR count). The molecule has 2 aromatic rings. The molecule has 1 aromatic carbocycles. The minimum absolute atomic E-state index is 0.203. The Morgan fingerprint density at radius 3 is 2.87 bits per heavy atom. The molecule has 1 saturated carbocycles. The van der Waals surface area contributed by atoms with Gasteiger partial charge in [-0.05, 0) is 56.2 Å². The van der Waals surface area contributed by atoms with Gasteiger partial charge in [-0.3, -0.25) is 0 Å². The summed E-state index contributed by atoms with van der Waals surface area (Å²) < 4.78 is 1.37. The van der Waals surface area contributed by atoms with E-state index >= 15 is 0 Å². The molecule has 1 fully saturated rings. The highest BCUT2D eigenvalue weighted by Crippen LogP contribution is 2.41. The number of aliphatic imine (C=N–C) groups is 1. The van der Waals surface area contributed by atoms with E-state index in [0.717, 1.165) is 12.8 Å². The smallest absolute Gasteiger partial charge is 0.355 e. The van der Waals surface area contributed by atoms with Gasteiger partial charge in [0.05, 0.1) is 10.5 Å². The molecule has 1 aliphatic carbocycles. The first-order chi connectivity index (χ1) is 11.1. The molecular formula is C17H17ClN4O. The minimum atomic E-state index is -0.520. The normalized spacial score (nSPS) is 15.9. The molecule has 0 unspecified atom stereocenters. The van der Waals surface area contributed by atoms with Gasteiger partial charge in [0.1, 0.15) is 5.82 Å². The van der Waals surface area contributed by atoms with E-state index in [2.05, 4.69) is 16.7 Å². The first-order valence-electron chi connectivity index (χ1n) is 7.38. The maximum Gasteiger partial charge on any atom is 0.355 e. The number of hydrogen-bond acceptors (Lipinski definition) is 4. The van der Waals surface area contributed by atoms with Crippen molar-refractivity contribution in [3.63, 3.8) is 0 Å². The van der Waals surface area contributed by atoms with Crippen LogP contribution in [-0.2, 0) is 0 Å². The van der Waals surface area contributed by atoms with Crippen LogP contribution in [-0.4, -0.2) is 16.3 Å². The van der Waals surface area contributed by atoms with Crippen molar-refractivity contribution in [3.8, 4) is 0 Å². The average Bonchev–Trinajstić information content (AvgIpc) is 3.35. The van der Waals surface area contributed by atoms with Gasteiger partial charge in [0.15, 0.2) is 5.82 Å². The number of benzene rings is 1. The van der Waals surface area contributed by atoms with E-state index in [1.54, 1.807) is 12.2 Å². The number of halogens is 1. The van der Waals surface area contributed by atoms with Crippen molar-refractivity contribution in [2.45, 2.75) is 25.7 Å². The molecule has 0 aliphatic heterocycles. The minimum Gasteiger partial charge on any atom is -0.383 e. The molecule has 0 bridgehead atoms. The van der Waals surface area contributed by atoms with Crippen molar-refractivity contribution in [1.29, 1.82) is 0 Å². The summed E-state index contributed by atoms with van der Waals surface area (Å²) in [5.41, 5.74) is 7.22. The zero-order valence-corrected chi connectivity index (χ0v) is 13.5. The van der Waals surface area contributed by atoms with Crippen LogP contribution in [0.4, 0.5) is 5.82 Å². The van der Waals surface area contributed by atoms with E-state index in [1.807, 2.05) is 25.1 Å². The average molecular weight is 329 g/mol. The van der Waals surface area contributed by atoms with Crippen LogP contribution in [0.15, 0.2) is 45.2 Å². The van der Waals surface area contributed by atoms with Crippen LogP contribution in [0.25, 0.3) is 16.7 Å². The summed E-state index contributed by atoms with van der Waals surface area (Å²) in [7, 11) is 0. The summed E-state index contributed by atoms with van der Waals surface area (Å²) in [6.45, 7) is 5.37. The Labute approximate surface area is 138 Å². The zero-order chi connectivity index (χ0) is 16.6. The number of nitrogens with two attached hydrogens (primary N) is 1. The van der Waals surface area contributed by atoms with Crippen molar-refractivity contribution in [2.24, 2.45) is 4.99 Å². The lowest BCUT2D eigenvalue weighted by atomic mass is 10.1. The van der Waals surface area contributed by atoms with Crippen LogP contribution in [0.1, 0.15) is 31.2 Å². The summed E-state index contributed by atoms with van der Waals surface area (Å²) >= 11 is 6.25. The van der Waals surface area contributed by atoms with E-state index in [-0.39, 0.29) is 11.6 Å². The van der Waals surface area contributed by atoms with Gasteiger partial charge >= 0.3 is 5.69 Å². The van der Waals surface area contributed by atoms with Crippen molar-refractivity contribution in [1.82, 2.24) is 9.55 Å². The molecule has 1 aliphatic rings. The molecule has 118 valence electrons. The Morgan fingerprint density at radius 2 is 2.26 bits per heavy atom. The van der Waals surface area contributed by atoms with Crippen molar-refractivity contribution >= 4 is 40.9 Å². The summed E-state index contributed by atoms with van der Waals surface area (Å²) in [6, 6.07) is 5.90. The highest BCUT2D eigenvalue weighted by Gasteiger charge is 2.24. The van der Waals surface area contributed by atoms with Crippen molar-refractivity contribution in [3.05, 3.63) is 51.4 Å². The first-order valence-corrected chi connectivity index (χ1v) is 7.76. The molecule has 0 amide bonds. The highest BCUT2D eigenvalue weighted by molar-refractivity contribution is 6.33. The van der Waals surface area contributed by atoms with Crippen LogP contribution >= 0.6 is 11.6 Å². The number of hydrogen-bond donors (Lipinski definition) is 1. The Hall–Kier alpha value is -2.40. The molecule has 1 aromatic heterocycles. The molecule has 2 N–H and O–H groups in total. The van der Waals surface area contributed by atoms with Gasteiger partial charge in [-0.2, -0.15) is 4.98 Å². The van der Waals surface area contributed by atoms with E-state index in [4.69, 9.17) is 17.3 Å². The van der Waals surface area contributed by atoms with E-state index < -0.39 is 5.69 Å². The molecule has 6 heteroatoms. The Kier molecular flexibility index (Phi) is 4.05. The number of nitrogens with zero attached hydrogens (tertiary/aromatic N) is 3. The second-order valence-electron chi connectivity index (χ2n) is 5.50. The third kappa shape index (κ3) is 2.80. The Balaban J connectivity index is 2.38. The highest BCUT2D eigenvalue weighted by atomic mass is 35.5. The summed E-state index contributed by atoms with van der Waals surface area (Å²) in [6.07, 6.45) is 5.75. The second kappa shape index (κ2) is 6.01. The lowest BCUT2D eigenvalue weighted by molar-refractivity contribution is 0.965. The number of anilines is 1. The lowest BCUT2D eigenvalue weighted by Crippen LogP contribution is -2.24. The van der Waals surface area contributed by atoms with E-state index in [9.17, 15) is 4.79 Å². The molecule has 1 heterocycles. The van der Waals surface area contributed by atoms with Gasteiger partial charge < -0.3 is 5.73 Å². The molecule has 0 spiro atoms.